The maximum absolute atomic E-state index is 6.10. The van der Waals surface area contributed by atoms with Crippen LogP contribution in [-0.2, 0) is 0 Å². The van der Waals surface area contributed by atoms with Crippen molar-refractivity contribution in [2.24, 2.45) is 11.7 Å². The molecule has 1 atom stereocenters. The average Bonchev–Trinajstić information content (AvgIpc) is 2.06. The molecule has 0 radical (unpaired) electrons. The second-order valence-corrected chi connectivity index (χ2v) is 6.36. The summed E-state index contributed by atoms with van der Waals surface area (Å²) >= 11 is 2.05. The molecule has 2 N–H and O–H groups in total. The Hall–Kier alpha value is 0.310. The van der Waals surface area contributed by atoms with Gasteiger partial charge in [0.05, 0.1) is 0 Å². The summed E-state index contributed by atoms with van der Waals surface area (Å²) in [5.41, 5.74) is 6.10. The van der Waals surface area contributed by atoms with Gasteiger partial charge in [-0.3, -0.25) is 0 Å². The third-order valence-corrected chi connectivity index (χ3v) is 4.09. The first kappa shape index (κ1) is 9.40. The summed E-state index contributed by atoms with van der Waals surface area (Å²) in [6, 6.07) is 0. The van der Waals surface area contributed by atoms with E-state index < -0.39 is 0 Å². The van der Waals surface area contributed by atoms with Crippen molar-refractivity contribution in [1.29, 1.82) is 0 Å². The van der Waals surface area contributed by atoms with Gasteiger partial charge in [-0.2, -0.15) is 11.8 Å². The highest BCUT2D eigenvalue weighted by molar-refractivity contribution is 8.00. The third kappa shape index (κ3) is 1.91. The third-order valence-electron chi connectivity index (χ3n) is 2.62. The zero-order valence-electron chi connectivity index (χ0n) is 7.98. The minimum Gasteiger partial charge on any atom is -0.325 e. The molecule has 1 saturated heterocycles. The zero-order chi connectivity index (χ0) is 8.70. The molecule has 0 bridgehead atoms. The smallest absolute Gasteiger partial charge is 0.0149 e. The lowest BCUT2D eigenvalue weighted by atomic mass is 9.78. The summed E-state index contributed by atoms with van der Waals surface area (Å²) in [5, 5.41) is 0. The fourth-order valence-corrected chi connectivity index (χ4v) is 3.66. The predicted octanol–water partition coefficient (Wildman–Crippen LogP) is 2.26. The van der Waals surface area contributed by atoms with E-state index in [0.717, 1.165) is 0 Å². The van der Waals surface area contributed by atoms with Crippen molar-refractivity contribution >= 4 is 11.8 Å². The first-order valence-electron chi connectivity index (χ1n) is 4.27. The van der Waals surface area contributed by atoms with Gasteiger partial charge < -0.3 is 5.73 Å². The standard InChI is InChI=1S/C9H19NS/c1-8(2,10)7-5-6-11-9(7,3)4/h7H,5-6,10H2,1-4H3. The fourth-order valence-electron chi connectivity index (χ4n) is 2.16. The van der Waals surface area contributed by atoms with E-state index in [1.807, 2.05) is 0 Å². The lowest BCUT2D eigenvalue weighted by Gasteiger charge is -2.36. The normalized spacial score (nSPS) is 30.8. The molecule has 0 aliphatic carbocycles. The minimum absolute atomic E-state index is 0.00694. The molecule has 11 heavy (non-hydrogen) atoms. The molecule has 1 aliphatic heterocycles. The van der Waals surface area contributed by atoms with Gasteiger partial charge in [0.2, 0.25) is 0 Å². The van der Waals surface area contributed by atoms with Crippen molar-refractivity contribution in [2.45, 2.75) is 44.4 Å². The molecular formula is C9H19NS. The van der Waals surface area contributed by atoms with Crippen molar-refractivity contribution in [3.63, 3.8) is 0 Å². The molecular weight excluding hydrogens is 154 g/mol. The van der Waals surface area contributed by atoms with Crippen molar-refractivity contribution < 1.29 is 0 Å². The lowest BCUT2D eigenvalue weighted by molar-refractivity contribution is 0.274. The first-order chi connectivity index (χ1) is 4.84. The Kier molecular flexibility index (Phi) is 2.28. The van der Waals surface area contributed by atoms with Gasteiger partial charge in [0.25, 0.3) is 0 Å². The highest BCUT2D eigenvalue weighted by Gasteiger charge is 2.42. The Morgan fingerprint density at radius 1 is 1.45 bits per heavy atom. The molecule has 1 nitrogen and oxygen atoms in total. The van der Waals surface area contributed by atoms with Crippen LogP contribution in [0.5, 0.6) is 0 Å². The largest absolute Gasteiger partial charge is 0.325 e. The second-order valence-electron chi connectivity index (χ2n) is 4.61. The van der Waals surface area contributed by atoms with Gasteiger partial charge in [-0.1, -0.05) is 13.8 Å². The molecule has 1 rings (SSSR count). The van der Waals surface area contributed by atoms with Crippen molar-refractivity contribution in [3.8, 4) is 0 Å². The predicted molar refractivity (Wildman–Crippen MR) is 52.9 cm³/mol. The topological polar surface area (TPSA) is 26.0 Å². The molecule has 0 aromatic heterocycles. The van der Waals surface area contributed by atoms with Gasteiger partial charge in [0, 0.05) is 10.3 Å². The van der Waals surface area contributed by atoms with Gasteiger partial charge in [-0.25, -0.2) is 0 Å². The van der Waals surface area contributed by atoms with Gasteiger partial charge in [0.1, 0.15) is 0 Å². The van der Waals surface area contributed by atoms with Crippen LogP contribution in [-0.4, -0.2) is 16.0 Å². The Balaban J connectivity index is 2.73. The SMILES string of the molecule is CC(C)(N)C1CCSC1(C)C. The van der Waals surface area contributed by atoms with Crippen LogP contribution in [0.3, 0.4) is 0 Å². The summed E-state index contributed by atoms with van der Waals surface area (Å²) in [6.07, 6.45) is 1.28. The molecule has 1 fully saturated rings. The van der Waals surface area contributed by atoms with Gasteiger partial charge in [0.15, 0.2) is 0 Å². The quantitative estimate of drug-likeness (QED) is 0.658. The number of hydrogen-bond acceptors (Lipinski definition) is 2. The van der Waals surface area contributed by atoms with Gasteiger partial charge in [-0.05, 0) is 31.9 Å². The maximum atomic E-state index is 6.10. The van der Waals surface area contributed by atoms with E-state index in [1.165, 1.54) is 12.2 Å². The summed E-state index contributed by atoms with van der Waals surface area (Å²) in [7, 11) is 0. The summed E-state index contributed by atoms with van der Waals surface area (Å²) in [4.78, 5) is 0. The van der Waals surface area contributed by atoms with Crippen LogP contribution < -0.4 is 5.73 Å². The number of hydrogen-bond donors (Lipinski definition) is 1. The molecule has 1 aliphatic rings. The van der Waals surface area contributed by atoms with E-state index in [1.54, 1.807) is 0 Å². The van der Waals surface area contributed by atoms with Crippen LogP contribution >= 0.6 is 11.8 Å². The Bertz CT molecular complexity index is 146. The molecule has 0 aromatic rings. The number of rotatable bonds is 1. The number of nitrogens with two attached hydrogens (primary N) is 1. The highest BCUT2D eigenvalue weighted by atomic mass is 32.2. The van der Waals surface area contributed by atoms with Crippen LogP contribution in [0.2, 0.25) is 0 Å². The Morgan fingerprint density at radius 2 is 2.00 bits per heavy atom. The molecule has 1 heterocycles. The Morgan fingerprint density at radius 3 is 2.18 bits per heavy atom. The maximum Gasteiger partial charge on any atom is 0.0149 e. The van der Waals surface area contributed by atoms with E-state index in [9.17, 15) is 0 Å². The summed E-state index contributed by atoms with van der Waals surface area (Å²) < 4.78 is 0.387. The Labute approximate surface area is 74.1 Å². The summed E-state index contributed by atoms with van der Waals surface area (Å²) in [5.74, 6) is 1.94. The van der Waals surface area contributed by atoms with Crippen LogP contribution in [0.25, 0.3) is 0 Å². The molecule has 0 aromatic carbocycles. The van der Waals surface area contributed by atoms with Gasteiger partial charge in [-0.15, -0.1) is 0 Å². The van der Waals surface area contributed by atoms with Crippen LogP contribution in [0.15, 0.2) is 0 Å². The fraction of sp³-hybridized carbons (Fsp3) is 1.00. The van der Waals surface area contributed by atoms with Crippen molar-refractivity contribution in [1.82, 2.24) is 0 Å². The van der Waals surface area contributed by atoms with Crippen LogP contribution in [0.1, 0.15) is 34.1 Å². The van der Waals surface area contributed by atoms with Gasteiger partial charge >= 0.3 is 0 Å². The molecule has 0 spiro atoms. The molecule has 0 amide bonds. The van der Waals surface area contributed by atoms with E-state index in [0.29, 0.717) is 10.7 Å². The van der Waals surface area contributed by atoms with Crippen LogP contribution in [0.4, 0.5) is 0 Å². The molecule has 0 saturated carbocycles. The zero-order valence-corrected chi connectivity index (χ0v) is 8.79. The van der Waals surface area contributed by atoms with E-state index in [-0.39, 0.29) is 5.54 Å². The van der Waals surface area contributed by atoms with Crippen molar-refractivity contribution in [3.05, 3.63) is 0 Å². The molecule has 2 heteroatoms. The second kappa shape index (κ2) is 2.67. The van der Waals surface area contributed by atoms with Crippen LogP contribution in [0, 0.1) is 5.92 Å². The highest BCUT2D eigenvalue weighted by Crippen LogP contribution is 2.46. The van der Waals surface area contributed by atoms with E-state index in [4.69, 9.17) is 5.73 Å². The molecule has 1 unspecified atom stereocenters. The minimum atomic E-state index is -0.00694. The average molecular weight is 173 g/mol. The number of thioether (sulfide) groups is 1. The lowest BCUT2D eigenvalue weighted by Crippen LogP contribution is -2.47. The first-order valence-corrected chi connectivity index (χ1v) is 5.25. The monoisotopic (exact) mass is 173 g/mol. The van der Waals surface area contributed by atoms with Crippen molar-refractivity contribution in [2.75, 3.05) is 5.75 Å². The summed E-state index contributed by atoms with van der Waals surface area (Å²) in [6.45, 7) is 8.91. The van der Waals surface area contributed by atoms with E-state index >= 15 is 0 Å². The molecule has 66 valence electrons. The van der Waals surface area contributed by atoms with E-state index in [2.05, 4.69) is 39.5 Å².